The number of ether oxygens (including phenoxy) is 1. The van der Waals surface area contributed by atoms with E-state index in [4.69, 9.17) is 4.74 Å². The minimum absolute atomic E-state index is 0.00258. The molecule has 5 N–H and O–H groups in total. The Morgan fingerprint density at radius 1 is 1.35 bits per heavy atom. The molecule has 11 nitrogen and oxygen atoms in total. The van der Waals surface area contributed by atoms with Gasteiger partial charge in [0.2, 0.25) is 11.9 Å². The summed E-state index contributed by atoms with van der Waals surface area (Å²) in [7, 11) is 0. The normalized spacial score (nSPS) is 26.0. The number of carbonyl (C=O) groups excluding carboxylic acids is 1. The molecule has 0 saturated carbocycles. The van der Waals surface area contributed by atoms with Crippen LogP contribution in [0.3, 0.4) is 0 Å². The third-order valence-electron chi connectivity index (χ3n) is 4.26. The van der Waals surface area contributed by atoms with Gasteiger partial charge in [-0.1, -0.05) is 13.8 Å². The molecule has 4 atom stereocenters. The van der Waals surface area contributed by atoms with Crippen molar-refractivity contribution in [2.24, 2.45) is 5.92 Å². The van der Waals surface area contributed by atoms with E-state index in [0.29, 0.717) is 5.82 Å². The van der Waals surface area contributed by atoms with Gasteiger partial charge < -0.3 is 20.1 Å². The van der Waals surface area contributed by atoms with Crippen molar-refractivity contribution in [3.8, 4) is 0 Å². The fraction of sp³-hybridized carbons (Fsp3) is 0.600. The van der Waals surface area contributed by atoms with E-state index < -0.39 is 36.7 Å². The van der Waals surface area contributed by atoms with E-state index in [2.05, 4.69) is 20.3 Å². The number of aliphatic hydroxyl groups is 3. The van der Waals surface area contributed by atoms with Crippen LogP contribution in [0.5, 0.6) is 0 Å². The zero-order valence-corrected chi connectivity index (χ0v) is 14.5. The summed E-state index contributed by atoms with van der Waals surface area (Å²) in [4.78, 5) is 34.9. The van der Waals surface area contributed by atoms with Crippen LogP contribution in [0.4, 0.5) is 5.95 Å². The molecule has 0 radical (unpaired) electrons. The summed E-state index contributed by atoms with van der Waals surface area (Å²) in [6, 6.07) is 0. The SMILES string of the molecule is Cc1nc2c(=O)[nH]c(NC(=O)C(C)C)nc2n1[C@@H]1O[C@H](CO)C(O)C1O. The Bertz CT molecular complexity index is 891. The van der Waals surface area contributed by atoms with Gasteiger partial charge in [-0.3, -0.25) is 24.5 Å². The Balaban J connectivity index is 2.09. The maximum Gasteiger partial charge on any atom is 0.280 e. The van der Waals surface area contributed by atoms with Crippen molar-refractivity contribution in [3.05, 3.63) is 16.2 Å². The number of imidazole rings is 1. The number of hydrogen-bond acceptors (Lipinski definition) is 8. The van der Waals surface area contributed by atoms with Crippen molar-refractivity contribution in [2.75, 3.05) is 11.9 Å². The third kappa shape index (κ3) is 2.98. The molecule has 0 bridgehead atoms. The maximum atomic E-state index is 12.3. The van der Waals surface area contributed by atoms with Crippen LogP contribution in [0.2, 0.25) is 0 Å². The van der Waals surface area contributed by atoms with E-state index in [9.17, 15) is 24.9 Å². The Morgan fingerprint density at radius 3 is 2.62 bits per heavy atom. The van der Waals surface area contributed by atoms with Gasteiger partial charge in [-0.05, 0) is 6.92 Å². The molecule has 1 aliphatic heterocycles. The van der Waals surface area contributed by atoms with Crippen LogP contribution >= 0.6 is 0 Å². The van der Waals surface area contributed by atoms with Gasteiger partial charge in [0, 0.05) is 5.92 Å². The first-order valence-corrected chi connectivity index (χ1v) is 8.16. The second-order valence-corrected chi connectivity index (χ2v) is 6.49. The molecule has 0 spiro atoms. The number of amides is 1. The summed E-state index contributed by atoms with van der Waals surface area (Å²) in [6.45, 7) is 4.49. The monoisotopic (exact) mass is 367 g/mol. The summed E-state index contributed by atoms with van der Waals surface area (Å²) in [5.41, 5.74) is -0.481. The molecule has 3 rings (SSSR count). The van der Waals surface area contributed by atoms with Crippen LogP contribution in [-0.4, -0.2) is 65.7 Å². The van der Waals surface area contributed by atoms with Crippen molar-refractivity contribution < 1.29 is 24.9 Å². The number of aliphatic hydroxyl groups excluding tert-OH is 3. The number of aryl methyl sites for hydroxylation is 1. The fourth-order valence-electron chi connectivity index (χ4n) is 2.81. The number of hydrogen-bond donors (Lipinski definition) is 5. The highest BCUT2D eigenvalue weighted by Gasteiger charge is 2.44. The highest BCUT2D eigenvalue weighted by atomic mass is 16.6. The van der Waals surface area contributed by atoms with E-state index >= 15 is 0 Å². The molecule has 0 aliphatic carbocycles. The topological polar surface area (TPSA) is 163 Å². The smallest absolute Gasteiger partial charge is 0.280 e. The second kappa shape index (κ2) is 6.76. The van der Waals surface area contributed by atoms with Crippen molar-refractivity contribution in [1.29, 1.82) is 0 Å². The minimum atomic E-state index is -1.35. The van der Waals surface area contributed by atoms with Crippen molar-refractivity contribution in [3.63, 3.8) is 0 Å². The largest absolute Gasteiger partial charge is 0.394 e. The van der Waals surface area contributed by atoms with Gasteiger partial charge in [0.1, 0.15) is 24.1 Å². The summed E-state index contributed by atoms with van der Waals surface area (Å²) < 4.78 is 6.86. The van der Waals surface area contributed by atoms with Crippen molar-refractivity contribution in [2.45, 2.75) is 45.3 Å². The Kier molecular flexibility index (Phi) is 4.80. The summed E-state index contributed by atoms with van der Waals surface area (Å²) in [6.07, 6.45) is -4.72. The average Bonchev–Trinajstić information content (AvgIpc) is 3.05. The van der Waals surface area contributed by atoms with Gasteiger partial charge in [-0.2, -0.15) is 4.98 Å². The lowest BCUT2D eigenvalue weighted by atomic mass is 10.1. The fourth-order valence-corrected chi connectivity index (χ4v) is 2.81. The number of H-pyrrole nitrogens is 1. The summed E-state index contributed by atoms with van der Waals surface area (Å²) in [5.74, 6) is -0.388. The zero-order chi connectivity index (χ0) is 19.2. The minimum Gasteiger partial charge on any atom is -0.394 e. The Hall–Kier alpha value is -2.34. The second-order valence-electron chi connectivity index (χ2n) is 6.49. The predicted octanol–water partition coefficient (Wildman–Crippen LogP) is -1.37. The molecule has 11 heteroatoms. The molecule has 1 saturated heterocycles. The summed E-state index contributed by atoms with van der Waals surface area (Å²) >= 11 is 0. The number of anilines is 1. The van der Waals surface area contributed by atoms with Crippen molar-refractivity contribution >= 4 is 23.0 Å². The number of aromatic nitrogens is 4. The first-order valence-electron chi connectivity index (χ1n) is 8.16. The van der Waals surface area contributed by atoms with Gasteiger partial charge in [0.15, 0.2) is 17.4 Å². The first-order chi connectivity index (χ1) is 12.2. The number of rotatable bonds is 4. The van der Waals surface area contributed by atoms with E-state index in [-0.39, 0.29) is 28.9 Å². The van der Waals surface area contributed by atoms with E-state index in [1.54, 1.807) is 20.8 Å². The molecule has 3 heterocycles. The van der Waals surface area contributed by atoms with Crippen LogP contribution in [0, 0.1) is 12.8 Å². The molecule has 1 amide bonds. The van der Waals surface area contributed by atoms with E-state index in [0.717, 1.165) is 0 Å². The molecule has 0 aromatic carbocycles. The molecule has 1 fully saturated rings. The van der Waals surface area contributed by atoms with Gasteiger partial charge in [0.25, 0.3) is 5.56 Å². The lowest BCUT2D eigenvalue weighted by Gasteiger charge is -2.18. The number of nitrogens with one attached hydrogen (secondary N) is 2. The lowest BCUT2D eigenvalue weighted by molar-refractivity contribution is -0.118. The van der Waals surface area contributed by atoms with Gasteiger partial charge in [-0.25, -0.2) is 4.98 Å². The number of carbonyl (C=O) groups is 1. The van der Waals surface area contributed by atoms with E-state index in [1.807, 2.05) is 0 Å². The average molecular weight is 367 g/mol. The maximum absolute atomic E-state index is 12.3. The van der Waals surface area contributed by atoms with Crippen LogP contribution in [0.1, 0.15) is 25.9 Å². The van der Waals surface area contributed by atoms with Crippen LogP contribution in [0.25, 0.3) is 11.2 Å². The highest BCUT2D eigenvalue weighted by molar-refractivity contribution is 5.91. The Morgan fingerprint density at radius 2 is 2.04 bits per heavy atom. The first kappa shape index (κ1) is 18.5. The molecule has 26 heavy (non-hydrogen) atoms. The van der Waals surface area contributed by atoms with Gasteiger partial charge in [0.05, 0.1) is 6.61 Å². The van der Waals surface area contributed by atoms with Gasteiger partial charge in [-0.15, -0.1) is 0 Å². The lowest BCUT2D eigenvalue weighted by Crippen LogP contribution is -2.33. The number of nitrogens with zero attached hydrogens (tertiary/aromatic N) is 3. The van der Waals surface area contributed by atoms with Gasteiger partial charge >= 0.3 is 0 Å². The third-order valence-corrected chi connectivity index (χ3v) is 4.26. The predicted molar refractivity (Wildman–Crippen MR) is 89.4 cm³/mol. The molecule has 2 aromatic rings. The molecular formula is C15H21N5O6. The Labute approximate surface area is 147 Å². The quantitative estimate of drug-likeness (QED) is 0.442. The molecule has 1 aliphatic rings. The number of aromatic amines is 1. The molecule has 2 unspecified atom stereocenters. The van der Waals surface area contributed by atoms with Crippen LogP contribution < -0.4 is 10.9 Å². The summed E-state index contributed by atoms with van der Waals surface area (Å²) in [5, 5.41) is 32.0. The van der Waals surface area contributed by atoms with Crippen LogP contribution in [0.15, 0.2) is 4.79 Å². The standard InChI is InChI=1S/C15H21N5O6/c1-5(2)12(24)18-15-17-11-8(13(25)19-15)16-6(3)20(11)14-10(23)9(22)7(4-21)26-14/h5,7,9-10,14,21-23H,4H2,1-3H3,(H2,17,18,19,24,25)/t7-,9?,10?,14-/m1/s1. The highest BCUT2D eigenvalue weighted by Crippen LogP contribution is 2.32. The van der Waals surface area contributed by atoms with Crippen molar-refractivity contribution in [1.82, 2.24) is 19.5 Å². The number of fused-ring (bicyclic) bond motifs is 1. The molecule has 2 aromatic heterocycles. The molecular weight excluding hydrogens is 346 g/mol. The van der Waals surface area contributed by atoms with E-state index in [1.165, 1.54) is 4.57 Å². The molecule has 142 valence electrons. The zero-order valence-electron chi connectivity index (χ0n) is 14.5. The van der Waals surface area contributed by atoms with Crippen LogP contribution in [-0.2, 0) is 9.53 Å².